The van der Waals surface area contributed by atoms with Gasteiger partial charge in [-0.2, -0.15) is 0 Å². The van der Waals surface area contributed by atoms with Gasteiger partial charge in [-0.05, 0) is 12.1 Å². The summed E-state index contributed by atoms with van der Waals surface area (Å²) in [5, 5.41) is 9.67. The van der Waals surface area contributed by atoms with Gasteiger partial charge < -0.3 is 5.11 Å². The van der Waals surface area contributed by atoms with Gasteiger partial charge in [0, 0.05) is 19.5 Å². The monoisotopic (exact) mass is 246 g/mol. The maximum absolute atomic E-state index is 11.5. The highest BCUT2D eigenvalue weighted by Crippen LogP contribution is 2.08. The molecule has 0 bridgehead atoms. The molecule has 0 aromatic carbocycles. The third-order valence-electron chi connectivity index (χ3n) is 2.30. The lowest BCUT2D eigenvalue weighted by Gasteiger charge is -2.02. The van der Waals surface area contributed by atoms with Crippen molar-refractivity contribution in [1.82, 2.24) is 14.5 Å². The Morgan fingerprint density at radius 1 is 1.44 bits per heavy atom. The van der Waals surface area contributed by atoms with Gasteiger partial charge >= 0.3 is 5.69 Å². The molecule has 2 aromatic heterocycles. The van der Waals surface area contributed by atoms with Crippen molar-refractivity contribution in [2.75, 3.05) is 0 Å². The van der Waals surface area contributed by atoms with Crippen molar-refractivity contribution in [3.63, 3.8) is 0 Å². The van der Waals surface area contributed by atoms with Gasteiger partial charge in [0.05, 0.1) is 0 Å². The summed E-state index contributed by atoms with van der Waals surface area (Å²) < 4.78 is 0.918. The van der Waals surface area contributed by atoms with Crippen molar-refractivity contribution < 1.29 is 5.11 Å². The molecule has 7 heteroatoms. The fraction of sp³-hybridized carbons (Fsp3) is 0.0909. The highest BCUT2D eigenvalue weighted by molar-refractivity contribution is 5.83. The topological polar surface area (TPSA) is 100 Å². The molecule has 0 radical (unpaired) electrons. The van der Waals surface area contributed by atoms with E-state index >= 15 is 0 Å². The average molecular weight is 246 g/mol. The molecule has 2 heterocycles. The number of aliphatic imine (C=N–C) groups is 1. The van der Waals surface area contributed by atoms with Gasteiger partial charge in [-0.15, -0.1) is 0 Å². The summed E-state index contributed by atoms with van der Waals surface area (Å²) in [5.74, 6) is -0.0476. The molecule has 2 aromatic rings. The molecule has 0 aliphatic rings. The van der Waals surface area contributed by atoms with Crippen molar-refractivity contribution in [1.29, 1.82) is 0 Å². The Morgan fingerprint density at radius 3 is 2.89 bits per heavy atom. The predicted molar refractivity (Wildman–Crippen MR) is 65.5 cm³/mol. The van der Waals surface area contributed by atoms with E-state index in [0.717, 1.165) is 10.8 Å². The Morgan fingerprint density at radius 2 is 2.22 bits per heavy atom. The number of hydrogen-bond donors (Lipinski definition) is 2. The minimum Gasteiger partial charge on any atom is -0.494 e. The van der Waals surface area contributed by atoms with E-state index in [0.29, 0.717) is 5.82 Å². The fourth-order valence-electron chi connectivity index (χ4n) is 1.30. The lowest BCUT2D eigenvalue weighted by atomic mass is 10.3. The van der Waals surface area contributed by atoms with Gasteiger partial charge in [-0.3, -0.25) is 14.3 Å². The van der Waals surface area contributed by atoms with Crippen LogP contribution in [0.4, 0.5) is 5.82 Å². The van der Waals surface area contributed by atoms with Crippen LogP contribution in [0.2, 0.25) is 0 Å². The van der Waals surface area contributed by atoms with Crippen LogP contribution in [0.3, 0.4) is 0 Å². The van der Waals surface area contributed by atoms with E-state index in [9.17, 15) is 14.7 Å². The van der Waals surface area contributed by atoms with Crippen molar-refractivity contribution >= 4 is 12.0 Å². The lowest BCUT2D eigenvalue weighted by molar-refractivity contribution is 0.417. The normalized spacial score (nSPS) is 10.9. The summed E-state index contributed by atoms with van der Waals surface area (Å²) in [6.07, 6.45) is 2.72. The van der Waals surface area contributed by atoms with Gasteiger partial charge in [-0.25, -0.2) is 14.8 Å². The van der Waals surface area contributed by atoms with Crippen LogP contribution in [0.15, 0.2) is 39.0 Å². The van der Waals surface area contributed by atoms with E-state index < -0.39 is 17.1 Å². The predicted octanol–water partition coefficient (Wildman–Crippen LogP) is -0.0752. The second-order valence-corrected chi connectivity index (χ2v) is 3.50. The molecule has 92 valence electrons. The number of rotatable bonds is 2. The molecule has 0 spiro atoms. The molecular formula is C11H10N4O3. The average Bonchev–Trinajstić information content (AvgIpc) is 2.37. The molecule has 0 aliphatic carbocycles. The highest BCUT2D eigenvalue weighted by Gasteiger charge is 2.09. The molecule has 18 heavy (non-hydrogen) atoms. The first kappa shape index (κ1) is 11.8. The zero-order valence-corrected chi connectivity index (χ0v) is 9.49. The maximum atomic E-state index is 11.5. The van der Waals surface area contributed by atoms with Crippen molar-refractivity contribution in [3.8, 4) is 5.88 Å². The number of aromatic hydroxyl groups is 1. The van der Waals surface area contributed by atoms with Gasteiger partial charge in [0.1, 0.15) is 5.56 Å². The molecule has 7 nitrogen and oxygen atoms in total. The third kappa shape index (κ3) is 2.19. The smallest absolute Gasteiger partial charge is 0.330 e. The molecule has 0 aliphatic heterocycles. The van der Waals surface area contributed by atoms with E-state index in [1.807, 2.05) is 0 Å². The summed E-state index contributed by atoms with van der Waals surface area (Å²) >= 11 is 0. The summed E-state index contributed by atoms with van der Waals surface area (Å²) in [6, 6.07) is 5.11. The molecule has 2 rings (SSSR count). The molecule has 0 fully saturated rings. The first-order valence-electron chi connectivity index (χ1n) is 5.07. The third-order valence-corrected chi connectivity index (χ3v) is 2.30. The van der Waals surface area contributed by atoms with E-state index in [-0.39, 0.29) is 5.56 Å². The minimum atomic E-state index is -0.699. The van der Waals surface area contributed by atoms with Crippen LogP contribution in [0.1, 0.15) is 5.56 Å². The maximum Gasteiger partial charge on any atom is 0.330 e. The largest absolute Gasteiger partial charge is 0.494 e. The molecule has 0 saturated heterocycles. The highest BCUT2D eigenvalue weighted by atomic mass is 16.3. The lowest BCUT2D eigenvalue weighted by Crippen LogP contribution is -2.30. The number of H-pyrrole nitrogens is 1. The van der Waals surface area contributed by atoms with Gasteiger partial charge in [0.2, 0.25) is 5.88 Å². The van der Waals surface area contributed by atoms with Gasteiger partial charge in [0.25, 0.3) is 5.56 Å². The standard InChI is InChI=1S/C11H10N4O3/c1-15-10(17)7(9(16)14-11(15)18)6-13-8-4-2-3-5-12-8/h2-6,17H,1H3,(H,14,16,18)/b13-6+. The molecule has 0 amide bonds. The van der Waals surface area contributed by atoms with E-state index in [1.165, 1.54) is 7.05 Å². The summed E-state index contributed by atoms with van der Waals surface area (Å²) in [7, 11) is 1.34. The van der Waals surface area contributed by atoms with Crippen molar-refractivity contribution in [3.05, 3.63) is 50.8 Å². The zero-order chi connectivity index (χ0) is 13.1. The van der Waals surface area contributed by atoms with E-state index in [1.54, 1.807) is 24.4 Å². The van der Waals surface area contributed by atoms with Crippen LogP contribution in [-0.4, -0.2) is 25.9 Å². The fourth-order valence-corrected chi connectivity index (χ4v) is 1.30. The number of aromatic amines is 1. The number of nitrogens with zero attached hydrogens (tertiary/aromatic N) is 3. The van der Waals surface area contributed by atoms with Crippen LogP contribution in [0.25, 0.3) is 0 Å². The molecule has 0 atom stereocenters. The van der Waals surface area contributed by atoms with Crippen molar-refractivity contribution in [2.45, 2.75) is 0 Å². The minimum absolute atomic E-state index is 0.0947. The number of nitrogens with one attached hydrogen (secondary N) is 1. The Kier molecular flexibility index (Phi) is 3.05. The Bertz CT molecular complexity index is 700. The number of pyridine rings is 1. The zero-order valence-electron chi connectivity index (χ0n) is 9.49. The van der Waals surface area contributed by atoms with Crippen LogP contribution < -0.4 is 11.2 Å². The summed E-state index contributed by atoms with van der Waals surface area (Å²) in [5.41, 5.74) is -1.48. The number of hydrogen-bond acceptors (Lipinski definition) is 5. The van der Waals surface area contributed by atoms with E-state index in [4.69, 9.17) is 0 Å². The Balaban J connectivity index is 2.48. The van der Waals surface area contributed by atoms with Gasteiger partial charge in [0.15, 0.2) is 5.82 Å². The quantitative estimate of drug-likeness (QED) is 0.724. The van der Waals surface area contributed by atoms with E-state index in [2.05, 4.69) is 15.0 Å². The second kappa shape index (κ2) is 4.66. The Labute approximate surface area is 101 Å². The van der Waals surface area contributed by atoms with Crippen molar-refractivity contribution in [2.24, 2.45) is 12.0 Å². The first-order chi connectivity index (χ1) is 8.59. The molecule has 0 unspecified atom stereocenters. The van der Waals surface area contributed by atoms with Gasteiger partial charge in [-0.1, -0.05) is 6.07 Å². The molecule has 2 N–H and O–H groups in total. The van der Waals surface area contributed by atoms with Crippen LogP contribution in [0.5, 0.6) is 5.88 Å². The SMILES string of the molecule is Cn1c(O)c(/C=N/c2ccccn2)c(=O)[nH]c1=O. The molecule has 0 saturated carbocycles. The molecular weight excluding hydrogens is 236 g/mol. The van der Waals surface area contributed by atoms with Crippen LogP contribution >= 0.6 is 0 Å². The van der Waals surface area contributed by atoms with Crippen LogP contribution in [-0.2, 0) is 7.05 Å². The van der Waals surface area contributed by atoms with Crippen LogP contribution in [0, 0.1) is 0 Å². The first-order valence-corrected chi connectivity index (χ1v) is 5.07. The Hall–Kier alpha value is -2.70. The summed E-state index contributed by atoms with van der Waals surface area (Å²) in [4.78, 5) is 32.6. The summed E-state index contributed by atoms with van der Waals surface area (Å²) in [6.45, 7) is 0. The second-order valence-electron chi connectivity index (χ2n) is 3.50. The number of aromatic nitrogens is 3.